The quantitative estimate of drug-likeness (QED) is 0.320. The largest absolute Gasteiger partial charge is 0.464 e. The van der Waals surface area contributed by atoms with Gasteiger partial charge in [-0.2, -0.15) is 0 Å². The number of hydrogen-bond acceptors (Lipinski definition) is 1. The second-order valence-corrected chi connectivity index (χ2v) is 7.06. The van der Waals surface area contributed by atoms with Crippen molar-refractivity contribution in [1.29, 1.82) is 0 Å². The van der Waals surface area contributed by atoms with Gasteiger partial charge in [0.25, 0.3) is 0 Å². The van der Waals surface area contributed by atoms with E-state index >= 15 is 0 Å². The van der Waals surface area contributed by atoms with Gasteiger partial charge in [0, 0.05) is 21.8 Å². The molecule has 0 unspecified atom stereocenters. The Labute approximate surface area is 162 Å². The molecule has 0 saturated heterocycles. The summed E-state index contributed by atoms with van der Waals surface area (Å²) in [4.78, 5) is 0. The third-order valence-electron chi connectivity index (χ3n) is 5.50. The lowest BCUT2D eigenvalue weighted by molar-refractivity contribution is 0.616. The zero-order valence-corrected chi connectivity index (χ0v) is 15.2. The van der Waals surface area contributed by atoms with Crippen LogP contribution in [0.15, 0.2) is 108 Å². The first-order chi connectivity index (χ1) is 13.9. The molecule has 6 aromatic rings. The molecule has 2 heteroatoms. The summed E-state index contributed by atoms with van der Waals surface area (Å²) in [6, 6.07) is 34.1. The highest BCUT2D eigenvalue weighted by Gasteiger charge is 2.15. The summed E-state index contributed by atoms with van der Waals surface area (Å²) in [6.07, 6.45) is 1.77. The summed E-state index contributed by atoms with van der Waals surface area (Å²) < 4.78 is 8.02. The van der Waals surface area contributed by atoms with Crippen molar-refractivity contribution in [3.63, 3.8) is 0 Å². The molecule has 4 aromatic carbocycles. The minimum atomic E-state index is 0.914. The molecule has 2 aromatic heterocycles. The highest BCUT2D eigenvalue weighted by Crippen LogP contribution is 2.37. The summed E-state index contributed by atoms with van der Waals surface area (Å²) in [7, 11) is 0. The molecular weight excluding hydrogens is 342 g/mol. The van der Waals surface area contributed by atoms with Crippen LogP contribution >= 0.6 is 0 Å². The van der Waals surface area contributed by atoms with E-state index in [2.05, 4.69) is 95.6 Å². The van der Waals surface area contributed by atoms with Crippen LogP contribution in [0.4, 0.5) is 0 Å². The average molecular weight is 359 g/mol. The second kappa shape index (κ2) is 5.86. The molecule has 0 fully saturated rings. The lowest BCUT2D eigenvalue weighted by Gasteiger charge is -2.10. The number of benzene rings is 4. The molecular formula is C26H17NO. The van der Waals surface area contributed by atoms with Crippen molar-refractivity contribution in [2.45, 2.75) is 0 Å². The Hall–Kier alpha value is -3.78. The topological polar surface area (TPSA) is 18.1 Å². The number of nitrogens with zero attached hydrogens (tertiary/aromatic N) is 1. The SMILES string of the molecule is c1ccc(-c2ccc(-n3c4ccccc4c4ccc5occc5c43)cc2)cc1. The van der Waals surface area contributed by atoms with Gasteiger partial charge < -0.3 is 8.98 Å². The Morgan fingerprint density at radius 3 is 2.14 bits per heavy atom. The molecule has 0 amide bonds. The van der Waals surface area contributed by atoms with Gasteiger partial charge in [-0.15, -0.1) is 0 Å². The van der Waals surface area contributed by atoms with Crippen LogP contribution in [0.3, 0.4) is 0 Å². The fraction of sp³-hybridized carbons (Fsp3) is 0. The molecule has 0 bridgehead atoms. The van der Waals surface area contributed by atoms with Gasteiger partial charge in [0.15, 0.2) is 0 Å². The van der Waals surface area contributed by atoms with Crippen LogP contribution < -0.4 is 0 Å². The molecule has 0 aliphatic heterocycles. The van der Waals surface area contributed by atoms with Crippen molar-refractivity contribution in [1.82, 2.24) is 4.57 Å². The minimum absolute atomic E-state index is 0.914. The Morgan fingerprint density at radius 1 is 0.536 bits per heavy atom. The van der Waals surface area contributed by atoms with Gasteiger partial charge in [-0.25, -0.2) is 0 Å². The molecule has 132 valence electrons. The summed E-state index contributed by atoms with van der Waals surface area (Å²) in [5.74, 6) is 0. The van der Waals surface area contributed by atoms with Crippen LogP contribution in [-0.2, 0) is 0 Å². The Morgan fingerprint density at radius 2 is 1.29 bits per heavy atom. The maximum Gasteiger partial charge on any atom is 0.136 e. The van der Waals surface area contributed by atoms with Crippen LogP contribution in [0.1, 0.15) is 0 Å². The van der Waals surface area contributed by atoms with Gasteiger partial charge in [0.2, 0.25) is 0 Å². The maximum absolute atomic E-state index is 5.68. The number of hydrogen-bond donors (Lipinski definition) is 0. The van der Waals surface area contributed by atoms with E-state index in [1.54, 1.807) is 6.26 Å². The van der Waals surface area contributed by atoms with Crippen LogP contribution in [-0.4, -0.2) is 4.57 Å². The molecule has 0 radical (unpaired) electrons. The smallest absolute Gasteiger partial charge is 0.136 e. The van der Waals surface area contributed by atoms with Crippen LogP contribution in [0.2, 0.25) is 0 Å². The van der Waals surface area contributed by atoms with Crippen molar-refractivity contribution >= 4 is 32.8 Å². The molecule has 0 spiro atoms. The first-order valence-electron chi connectivity index (χ1n) is 9.45. The first kappa shape index (κ1) is 15.3. The summed E-state index contributed by atoms with van der Waals surface area (Å²) in [5, 5.41) is 3.64. The van der Waals surface area contributed by atoms with Gasteiger partial charge in [-0.05, 0) is 47.5 Å². The zero-order valence-electron chi connectivity index (χ0n) is 15.2. The molecule has 0 N–H and O–H groups in total. The third-order valence-corrected chi connectivity index (χ3v) is 5.50. The summed E-state index contributed by atoms with van der Waals surface area (Å²) >= 11 is 0. The standard InChI is InChI=1S/C26H17NO/c1-2-6-18(7-3-1)19-10-12-20(13-11-19)27-24-9-5-4-8-21(24)22-14-15-25-23(26(22)27)16-17-28-25/h1-17H. The molecule has 0 saturated carbocycles. The van der Waals surface area contributed by atoms with E-state index in [4.69, 9.17) is 4.42 Å². The van der Waals surface area contributed by atoms with Gasteiger partial charge in [-0.3, -0.25) is 0 Å². The van der Waals surface area contributed by atoms with E-state index in [0.29, 0.717) is 0 Å². The molecule has 0 aliphatic rings. The van der Waals surface area contributed by atoms with E-state index in [1.807, 2.05) is 6.07 Å². The van der Waals surface area contributed by atoms with E-state index < -0.39 is 0 Å². The number of rotatable bonds is 2. The highest BCUT2D eigenvalue weighted by atomic mass is 16.3. The number of para-hydroxylation sites is 1. The number of fused-ring (bicyclic) bond motifs is 5. The summed E-state index contributed by atoms with van der Waals surface area (Å²) in [6.45, 7) is 0. The van der Waals surface area contributed by atoms with Gasteiger partial charge in [0.1, 0.15) is 5.58 Å². The second-order valence-electron chi connectivity index (χ2n) is 7.06. The van der Waals surface area contributed by atoms with Crippen molar-refractivity contribution < 1.29 is 4.42 Å². The predicted molar refractivity (Wildman–Crippen MR) is 116 cm³/mol. The first-order valence-corrected chi connectivity index (χ1v) is 9.45. The van der Waals surface area contributed by atoms with Crippen LogP contribution in [0.5, 0.6) is 0 Å². The Kier molecular flexibility index (Phi) is 3.20. The minimum Gasteiger partial charge on any atom is -0.464 e. The fourth-order valence-electron chi connectivity index (χ4n) is 4.21. The predicted octanol–water partition coefficient (Wildman–Crippen LogP) is 7.20. The Bertz CT molecular complexity index is 1440. The van der Waals surface area contributed by atoms with E-state index in [-0.39, 0.29) is 0 Å². The molecule has 6 rings (SSSR count). The van der Waals surface area contributed by atoms with Gasteiger partial charge in [0.05, 0.1) is 17.3 Å². The van der Waals surface area contributed by atoms with E-state index in [9.17, 15) is 0 Å². The Balaban J connectivity index is 1.66. The van der Waals surface area contributed by atoms with Crippen LogP contribution in [0.25, 0.3) is 49.6 Å². The molecule has 28 heavy (non-hydrogen) atoms. The zero-order chi connectivity index (χ0) is 18.5. The summed E-state index contributed by atoms with van der Waals surface area (Å²) in [5.41, 5.74) is 6.92. The van der Waals surface area contributed by atoms with Crippen molar-refractivity contribution in [3.8, 4) is 16.8 Å². The van der Waals surface area contributed by atoms with Crippen molar-refractivity contribution in [2.75, 3.05) is 0 Å². The monoisotopic (exact) mass is 359 g/mol. The van der Waals surface area contributed by atoms with Gasteiger partial charge >= 0.3 is 0 Å². The molecule has 0 aliphatic carbocycles. The third kappa shape index (κ3) is 2.15. The molecule has 2 nitrogen and oxygen atoms in total. The maximum atomic E-state index is 5.68. The van der Waals surface area contributed by atoms with E-state index in [1.165, 1.54) is 32.9 Å². The van der Waals surface area contributed by atoms with Crippen LogP contribution in [0, 0.1) is 0 Å². The lowest BCUT2D eigenvalue weighted by Crippen LogP contribution is -1.94. The molecule has 2 heterocycles. The lowest BCUT2D eigenvalue weighted by atomic mass is 10.1. The highest BCUT2D eigenvalue weighted by molar-refractivity contribution is 6.17. The number of furan rings is 1. The number of aromatic nitrogens is 1. The molecule has 0 atom stereocenters. The van der Waals surface area contributed by atoms with Crippen molar-refractivity contribution in [3.05, 3.63) is 103 Å². The van der Waals surface area contributed by atoms with Crippen molar-refractivity contribution in [2.24, 2.45) is 0 Å². The van der Waals surface area contributed by atoms with E-state index in [0.717, 1.165) is 16.7 Å². The normalized spacial score (nSPS) is 11.6. The fourth-order valence-corrected chi connectivity index (χ4v) is 4.21. The van der Waals surface area contributed by atoms with Gasteiger partial charge in [-0.1, -0.05) is 60.7 Å². The average Bonchev–Trinajstić information content (AvgIpc) is 3.37.